The maximum atomic E-state index is 13.9. The van der Waals surface area contributed by atoms with Crippen LogP contribution in [0.5, 0.6) is 0 Å². The number of hydrogen-bond donors (Lipinski definition) is 1. The molecule has 2 aromatic rings. The summed E-state index contributed by atoms with van der Waals surface area (Å²) in [6.07, 6.45) is 3.49. The lowest BCUT2D eigenvalue weighted by Crippen LogP contribution is -2.44. The van der Waals surface area contributed by atoms with Crippen LogP contribution >= 0.6 is 0 Å². The minimum absolute atomic E-state index is 0.0282. The Balaban J connectivity index is 1.60. The number of fused-ring (bicyclic) bond motifs is 4. The van der Waals surface area contributed by atoms with E-state index in [2.05, 4.69) is 15.5 Å². The summed E-state index contributed by atoms with van der Waals surface area (Å²) in [4.78, 5) is 18.0. The van der Waals surface area contributed by atoms with Crippen LogP contribution in [0.25, 0.3) is 0 Å². The van der Waals surface area contributed by atoms with Gasteiger partial charge in [-0.3, -0.25) is 5.32 Å². The van der Waals surface area contributed by atoms with Crippen molar-refractivity contribution in [2.24, 2.45) is 0 Å². The zero-order chi connectivity index (χ0) is 16.0. The van der Waals surface area contributed by atoms with Crippen LogP contribution in [0.1, 0.15) is 35.8 Å². The van der Waals surface area contributed by atoms with Gasteiger partial charge in [-0.2, -0.15) is 9.65 Å². The molecule has 2 aliphatic rings. The normalized spacial score (nSPS) is 21.7. The third-order valence-corrected chi connectivity index (χ3v) is 4.43. The highest BCUT2D eigenvalue weighted by molar-refractivity contribution is 5.89. The van der Waals surface area contributed by atoms with Gasteiger partial charge in [-0.1, -0.05) is 5.16 Å². The molecule has 0 aromatic carbocycles. The molecule has 2 bridgehead atoms. The van der Waals surface area contributed by atoms with Crippen LogP contribution in [0.2, 0.25) is 0 Å². The molecular formula is C15H12FN5O2. The first-order chi connectivity index (χ1) is 11.2. The fourth-order valence-electron chi connectivity index (χ4n) is 3.49. The van der Waals surface area contributed by atoms with Crippen LogP contribution in [-0.4, -0.2) is 27.1 Å². The maximum absolute atomic E-state index is 13.9. The summed E-state index contributed by atoms with van der Waals surface area (Å²) in [5.74, 6) is -0.229. The van der Waals surface area contributed by atoms with E-state index < -0.39 is 5.95 Å². The lowest BCUT2D eigenvalue weighted by molar-refractivity contribution is 0.178. The number of carbonyl (C=O) groups is 1. The zero-order valence-electron chi connectivity index (χ0n) is 12.0. The van der Waals surface area contributed by atoms with Gasteiger partial charge in [-0.05, 0) is 30.9 Å². The SMILES string of the molecule is N#Cc1cc(NC(=O)N2[C@H]3CC[C@@H]2c2ccnc(F)c2C3)no1. The van der Waals surface area contributed by atoms with Gasteiger partial charge >= 0.3 is 6.03 Å². The maximum Gasteiger partial charge on any atom is 0.323 e. The topological polar surface area (TPSA) is 95.1 Å². The van der Waals surface area contributed by atoms with Gasteiger partial charge < -0.3 is 9.42 Å². The van der Waals surface area contributed by atoms with Crippen molar-refractivity contribution >= 4 is 11.8 Å². The monoisotopic (exact) mass is 313 g/mol. The summed E-state index contributed by atoms with van der Waals surface area (Å²) in [5, 5.41) is 15.0. The van der Waals surface area contributed by atoms with Crippen LogP contribution in [-0.2, 0) is 6.42 Å². The van der Waals surface area contributed by atoms with Crippen LogP contribution in [0.4, 0.5) is 15.0 Å². The van der Waals surface area contributed by atoms with Gasteiger partial charge in [0.15, 0.2) is 5.82 Å². The molecule has 7 nitrogen and oxygen atoms in total. The molecule has 2 atom stereocenters. The summed E-state index contributed by atoms with van der Waals surface area (Å²) >= 11 is 0. The second kappa shape index (κ2) is 5.05. The minimum atomic E-state index is -0.449. The van der Waals surface area contributed by atoms with Crippen molar-refractivity contribution < 1.29 is 13.7 Å². The average molecular weight is 313 g/mol. The van der Waals surface area contributed by atoms with E-state index in [1.54, 1.807) is 17.0 Å². The number of amides is 2. The van der Waals surface area contributed by atoms with Gasteiger partial charge in [0, 0.05) is 23.9 Å². The molecule has 2 aliphatic heterocycles. The molecule has 8 heteroatoms. The summed E-state index contributed by atoms with van der Waals surface area (Å²) in [5.41, 5.74) is 1.43. The van der Waals surface area contributed by atoms with Gasteiger partial charge in [-0.25, -0.2) is 9.78 Å². The number of carbonyl (C=O) groups excluding carboxylic acids is 1. The molecule has 23 heavy (non-hydrogen) atoms. The number of halogens is 1. The van der Waals surface area contributed by atoms with Crippen molar-refractivity contribution in [3.8, 4) is 6.07 Å². The molecule has 4 heterocycles. The Morgan fingerprint density at radius 3 is 3.17 bits per heavy atom. The number of nitriles is 1. The Bertz CT molecular complexity index is 828. The number of anilines is 1. The molecule has 2 aromatic heterocycles. The second-order valence-electron chi connectivity index (χ2n) is 5.65. The Hall–Kier alpha value is -2.95. The standard InChI is InChI=1S/C15H12FN5O2/c16-14-11-5-8-1-2-12(10(11)3-4-18-14)21(8)15(22)19-13-6-9(7-17)23-20-13/h3-4,6,8,12H,1-2,5H2,(H,19,20,22)/t8-,12+/m0/s1. The fourth-order valence-corrected chi connectivity index (χ4v) is 3.49. The number of pyridine rings is 1. The quantitative estimate of drug-likeness (QED) is 0.816. The van der Waals surface area contributed by atoms with Gasteiger partial charge in [0.05, 0.1) is 6.04 Å². The molecule has 1 N–H and O–H groups in total. The predicted molar refractivity (Wildman–Crippen MR) is 75.7 cm³/mol. The van der Waals surface area contributed by atoms with E-state index in [1.165, 1.54) is 12.3 Å². The van der Waals surface area contributed by atoms with E-state index in [-0.39, 0.29) is 29.7 Å². The number of nitrogens with one attached hydrogen (secondary N) is 1. The largest absolute Gasteiger partial charge is 0.343 e. The van der Waals surface area contributed by atoms with Crippen molar-refractivity contribution in [1.82, 2.24) is 15.0 Å². The van der Waals surface area contributed by atoms with Gasteiger partial charge in [-0.15, -0.1) is 0 Å². The van der Waals surface area contributed by atoms with Crippen molar-refractivity contribution in [2.75, 3.05) is 5.32 Å². The van der Waals surface area contributed by atoms with Crippen molar-refractivity contribution in [1.29, 1.82) is 5.26 Å². The highest BCUT2D eigenvalue weighted by Gasteiger charge is 2.43. The Morgan fingerprint density at radius 2 is 2.39 bits per heavy atom. The molecule has 0 radical (unpaired) electrons. The van der Waals surface area contributed by atoms with Crippen molar-refractivity contribution in [2.45, 2.75) is 31.3 Å². The smallest absolute Gasteiger partial charge is 0.323 e. The number of hydrogen-bond acceptors (Lipinski definition) is 5. The number of aromatic nitrogens is 2. The van der Waals surface area contributed by atoms with Crippen LogP contribution < -0.4 is 5.32 Å². The highest BCUT2D eigenvalue weighted by Crippen LogP contribution is 2.44. The van der Waals surface area contributed by atoms with E-state index in [9.17, 15) is 9.18 Å². The Morgan fingerprint density at radius 1 is 1.52 bits per heavy atom. The predicted octanol–water partition coefficient (Wildman–Crippen LogP) is 2.37. The van der Waals surface area contributed by atoms with Gasteiger partial charge in [0.2, 0.25) is 11.7 Å². The van der Waals surface area contributed by atoms with Crippen molar-refractivity contribution in [3.05, 3.63) is 41.2 Å². The van der Waals surface area contributed by atoms with Crippen LogP contribution in [0, 0.1) is 17.3 Å². The first-order valence-electron chi connectivity index (χ1n) is 7.27. The third-order valence-electron chi connectivity index (χ3n) is 4.43. The summed E-state index contributed by atoms with van der Waals surface area (Å²) < 4.78 is 18.6. The lowest BCUT2D eigenvalue weighted by Gasteiger charge is -2.35. The van der Waals surface area contributed by atoms with Crippen LogP contribution in [0.15, 0.2) is 22.9 Å². The number of rotatable bonds is 1. The molecule has 0 spiro atoms. The molecule has 4 rings (SSSR count). The number of nitrogens with zero attached hydrogens (tertiary/aromatic N) is 4. The van der Waals surface area contributed by atoms with Gasteiger partial charge in [0.25, 0.3) is 0 Å². The molecule has 116 valence electrons. The van der Waals surface area contributed by atoms with Gasteiger partial charge in [0.1, 0.15) is 6.07 Å². The molecule has 0 saturated carbocycles. The molecule has 0 unspecified atom stereocenters. The molecule has 0 aliphatic carbocycles. The van der Waals surface area contributed by atoms with E-state index >= 15 is 0 Å². The summed E-state index contributed by atoms with van der Waals surface area (Å²) in [6.45, 7) is 0. The third kappa shape index (κ3) is 2.12. The minimum Gasteiger partial charge on any atom is -0.343 e. The zero-order valence-corrected chi connectivity index (χ0v) is 12.0. The van der Waals surface area contributed by atoms with Crippen LogP contribution in [0.3, 0.4) is 0 Å². The average Bonchev–Trinajstić information content (AvgIpc) is 3.12. The molecule has 1 saturated heterocycles. The van der Waals surface area contributed by atoms with Crippen molar-refractivity contribution in [3.63, 3.8) is 0 Å². The first kappa shape index (κ1) is 13.7. The molecule has 2 amide bonds. The van der Waals surface area contributed by atoms with E-state index in [0.717, 1.165) is 18.4 Å². The first-order valence-corrected chi connectivity index (χ1v) is 7.27. The molecular weight excluding hydrogens is 301 g/mol. The Labute approximate surface area is 130 Å². The molecule has 1 fully saturated rings. The second-order valence-corrected chi connectivity index (χ2v) is 5.65. The summed E-state index contributed by atoms with van der Waals surface area (Å²) in [6, 6.07) is 4.40. The number of urea groups is 1. The Kier molecular flexibility index (Phi) is 3.01. The van der Waals surface area contributed by atoms with E-state index in [1.807, 2.05) is 0 Å². The fraction of sp³-hybridized carbons (Fsp3) is 0.333. The lowest BCUT2D eigenvalue weighted by atomic mass is 9.95. The highest BCUT2D eigenvalue weighted by atomic mass is 19.1. The summed E-state index contributed by atoms with van der Waals surface area (Å²) in [7, 11) is 0. The van der Waals surface area contributed by atoms with E-state index in [4.69, 9.17) is 9.78 Å². The van der Waals surface area contributed by atoms with E-state index in [0.29, 0.717) is 12.0 Å².